The van der Waals surface area contributed by atoms with Gasteiger partial charge in [-0.15, -0.1) is 0 Å². The molecule has 212 valence electrons. The molecule has 2 aromatic carbocycles. The van der Waals surface area contributed by atoms with Crippen molar-refractivity contribution in [3.05, 3.63) is 88.6 Å². The highest BCUT2D eigenvalue weighted by Crippen LogP contribution is 2.47. The normalized spacial score (nSPS) is 22.4. The Labute approximate surface area is 237 Å². The van der Waals surface area contributed by atoms with Crippen molar-refractivity contribution in [1.29, 1.82) is 0 Å². The van der Waals surface area contributed by atoms with E-state index in [0.717, 1.165) is 22.8 Å². The van der Waals surface area contributed by atoms with Crippen molar-refractivity contribution in [1.82, 2.24) is 9.88 Å². The molecule has 1 aliphatic carbocycles. The Kier molecular flexibility index (Phi) is 6.63. The molecule has 2 N–H and O–H groups in total. The van der Waals surface area contributed by atoms with E-state index in [0.29, 0.717) is 55.6 Å². The third-order valence-electron chi connectivity index (χ3n) is 9.39. The van der Waals surface area contributed by atoms with Crippen molar-refractivity contribution in [2.45, 2.75) is 63.8 Å². The number of hydrogen-bond acceptors (Lipinski definition) is 4. The Bertz CT molecular complexity index is 1550. The van der Waals surface area contributed by atoms with Crippen molar-refractivity contribution < 1.29 is 23.2 Å². The van der Waals surface area contributed by atoms with E-state index in [1.54, 1.807) is 12.3 Å². The van der Waals surface area contributed by atoms with Crippen LogP contribution in [0.2, 0.25) is 0 Å². The summed E-state index contributed by atoms with van der Waals surface area (Å²) in [7, 11) is 0. The number of carbonyl (C=O) groups excluding carboxylic acids is 3. The molecule has 9 heteroatoms. The van der Waals surface area contributed by atoms with Crippen molar-refractivity contribution in [3.63, 3.8) is 0 Å². The highest BCUT2D eigenvalue weighted by atomic mass is 19.1. The molecule has 0 unspecified atom stereocenters. The van der Waals surface area contributed by atoms with E-state index in [4.69, 9.17) is 0 Å². The van der Waals surface area contributed by atoms with Crippen LogP contribution in [0.25, 0.3) is 0 Å². The molecule has 3 heterocycles. The maximum absolute atomic E-state index is 14.1. The Morgan fingerprint density at radius 3 is 2.51 bits per heavy atom. The van der Waals surface area contributed by atoms with Crippen LogP contribution in [0.3, 0.4) is 0 Å². The van der Waals surface area contributed by atoms with Crippen molar-refractivity contribution in [3.8, 4) is 0 Å². The molecule has 1 spiro atoms. The molecule has 3 aliphatic rings. The molecular weight excluding hydrogens is 526 g/mol. The standard InChI is InChI=1S/C32H32F2N4O3/c1-3-31(4-2)10-9-26(20-12-22(33)15-23(34)13-20)38(30(31)41)18-27(39)36-24-8-7-19-16-32(17-21(19)14-24)25-6-5-11-35-28(25)37-29(32)40/h5-8,11-15,26H,3-4,9-10,16-18H2,1-2H3,(H,36,39)(H,35,37,40)/t26-,32+/m0/s1. The summed E-state index contributed by atoms with van der Waals surface area (Å²) in [5.41, 5.74) is 2.45. The first-order valence-corrected chi connectivity index (χ1v) is 14.1. The summed E-state index contributed by atoms with van der Waals surface area (Å²) in [5, 5.41) is 5.81. The zero-order valence-corrected chi connectivity index (χ0v) is 23.1. The summed E-state index contributed by atoms with van der Waals surface area (Å²) in [6.45, 7) is 3.67. The number of fused-ring (bicyclic) bond motifs is 3. The van der Waals surface area contributed by atoms with Crippen LogP contribution in [0.1, 0.15) is 67.8 Å². The maximum atomic E-state index is 14.1. The number of carbonyl (C=O) groups is 3. The lowest BCUT2D eigenvalue weighted by Crippen LogP contribution is -2.52. The molecule has 3 aromatic rings. The number of nitrogens with zero attached hydrogens (tertiary/aromatic N) is 2. The number of likely N-dealkylation sites (tertiary alicyclic amines) is 1. The van der Waals surface area contributed by atoms with Gasteiger partial charge in [-0.1, -0.05) is 26.0 Å². The van der Waals surface area contributed by atoms with Gasteiger partial charge in [0.1, 0.15) is 24.0 Å². The van der Waals surface area contributed by atoms with E-state index >= 15 is 0 Å². The number of piperidine rings is 1. The van der Waals surface area contributed by atoms with Gasteiger partial charge in [0.2, 0.25) is 17.7 Å². The number of rotatable bonds is 6. The Morgan fingerprint density at radius 2 is 1.78 bits per heavy atom. The largest absolute Gasteiger partial charge is 0.326 e. The lowest BCUT2D eigenvalue weighted by Gasteiger charge is -2.45. The van der Waals surface area contributed by atoms with Gasteiger partial charge in [0.05, 0.1) is 11.5 Å². The number of amides is 3. The molecule has 2 atom stereocenters. The summed E-state index contributed by atoms with van der Waals surface area (Å²) >= 11 is 0. The zero-order valence-electron chi connectivity index (χ0n) is 23.1. The second kappa shape index (κ2) is 10.0. The molecule has 41 heavy (non-hydrogen) atoms. The average Bonchev–Trinajstić information content (AvgIpc) is 3.46. The van der Waals surface area contributed by atoms with Gasteiger partial charge < -0.3 is 15.5 Å². The number of halogens is 2. The van der Waals surface area contributed by atoms with Crippen molar-refractivity contribution in [2.75, 3.05) is 17.2 Å². The lowest BCUT2D eigenvalue weighted by atomic mass is 9.72. The zero-order chi connectivity index (χ0) is 28.9. The van der Waals surface area contributed by atoms with Crippen LogP contribution < -0.4 is 10.6 Å². The number of aromatic nitrogens is 1. The minimum absolute atomic E-state index is 0.0771. The number of hydrogen-bond donors (Lipinski definition) is 2. The Balaban J connectivity index is 1.23. The SMILES string of the molecule is CCC1(CC)CC[C@@H](c2cc(F)cc(F)c2)N(CC(=O)Nc2ccc3c(c2)C[C@@]2(C3)C(=O)Nc3ncccc32)C1=O. The third-order valence-corrected chi connectivity index (χ3v) is 9.39. The van der Waals surface area contributed by atoms with Crippen molar-refractivity contribution in [2.24, 2.45) is 5.41 Å². The van der Waals surface area contributed by atoms with Crippen LogP contribution in [-0.4, -0.2) is 34.2 Å². The highest BCUT2D eigenvalue weighted by Gasteiger charge is 2.51. The van der Waals surface area contributed by atoms with Gasteiger partial charge in [-0.05, 0) is 85.5 Å². The topological polar surface area (TPSA) is 91.4 Å². The third kappa shape index (κ3) is 4.47. The fourth-order valence-corrected chi connectivity index (χ4v) is 7.02. The predicted octanol–water partition coefficient (Wildman–Crippen LogP) is 5.46. The molecule has 0 saturated carbocycles. The first-order valence-electron chi connectivity index (χ1n) is 14.1. The van der Waals surface area contributed by atoms with Crippen LogP contribution in [0, 0.1) is 17.0 Å². The number of nitrogens with one attached hydrogen (secondary N) is 2. The summed E-state index contributed by atoms with van der Waals surface area (Å²) in [4.78, 5) is 46.0. The molecule has 7 nitrogen and oxygen atoms in total. The van der Waals surface area contributed by atoms with Gasteiger partial charge in [0.25, 0.3) is 0 Å². The van der Waals surface area contributed by atoms with Gasteiger partial charge in [-0.2, -0.15) is 0 Å². The summed E-state index contributed by atoms with van der Waals surface area (Å²) < 4.78 is 28.2. The molecule has 0 radical (unpaired) electrons. The van der Waals surface area contributed by atoms with Crippen LogP contribution >= 0.6 is 0 Å². The minimum Gasteiger partial charge on any atom is -0.326 e. The van der Waals surface area contributed by atoms with Gasteiger partial charge in [0.15, 0.2) is 0 Å². The van der Waals surface area contributed by atoms with Gasteiger partial charge >= 0.3 is 0 Å². The molecule has 0 bridgehead atoms. The summed E-state index contributed by atoms with van der Waals surface area (Å²) in [6, 6.07) is 12.0. The molecule has 1 aromatic heterocycles. The summed E-state index contributed by atoms with van der Waals surface area (Å²) in [6.07, 6.45) is 5.01. The molecule has 6 rings (SSSR count). The number of anilines is 2. The van der Waals surface area contributed by atoms with E-state index in [9.17, 15) is 23.2 Å². The van der Waals surface area contributed by atoms with E-state index in [1.165, 1.54) is 17.0 Å². The summed E-state index contributed by atoms with van der Waals surface area (Å²) in [5.74, 6) is -1.49. The predicted molar refractivity (Wildman–Crippen MR) is 150 cm³/mol. The fraction of sp³-hybridized carbons (Fsp3) is 0.375. The van der Waals surface area contributed by atoms with Crippen LogP contribution in [0.4, 0.5) is 20.3 Å². The second-order valence-corrected chi connectivity index (χ2v) is 11.5. The first kappa shape index (κ1) is 27.1. The molecule has 3 amide bonds. The van der Waals surface area contributed by atoms with E-state index in [1.807, 2.05) is 38.1 Å². The minimum atomic E-state index is -0.718. The monoisotopic (exact) mass is 558 g/mol. The van der Waals surface area contributed by atoms with Gasteiger partial charge in [-0.25, -0.2) is 13.8 Å². The molecule has 2 aliphatic heterocycles. The fourth-order valence-electron chi connectivity index (χ4n) is 7.02. The van der Waals surface area contributed by atoms with Crippen LogP contribution in [0.5, 0.6) is 0 Å². The lowest BCUT2D eigenvalue weighted by molar-refractivity contribution is -0.153. The number of benzene rings is 2. The quantitative estimate of drug-likeness (QED) is 0.421. The Hall–Kier alpha value is -4.14. The Morgan fingerprint density at radius 1 is 1.05 bits per heavy atom. The van der Waals surface area contributed by atoms with Gasteiger partial charge in [-0.3, -0.25) is 14.4 Å². The van der Waals surface area contributed by atoms with E-state index in [2.05, 4.69) is 15.6 Å². The van der Waals surface area contributed by atoms with Crippen LogP contribution in [-0.2, 0) is 32.6 Å². The molecule has 1 fully saturated rings. The van der Waals surface area contributed by atoms with E-state index in [-0.39, 0.29) is 18.4 Å². The number of pyridine rings is 1. The van der Waals surface area contributed by atoms with Gasteiger partial charge in [0, 0.05) is 28.9 Å². The second-order valence-electron chi connectivity index (χ2n) is 11.5. The highest BCUT2D eigenvalue weighted by molar-refractivity contribution is 6.06. The first-order chi connectivity index (χ1) is 19.7. The van der Waals surface area contributed by atoms with E-state index < -0.39 is 34.4 Å². The van der Waals surface area contributed by atoms with Crippen molar-refractivity contribution >= 4 is 29.2 Å². The average molecular weight is 559 g/mol. The molecular formula is C32H32F2N4O3. The smallest absolute Gasteiger partial charge is 0.244 e. The maximum Gasteiger partial charge on any atom is 0.244 e. The molecule has 1 saturated heterocycles. The van der Waals surface area contributed by atoms with Crippen LogP contribution in [0.15, 0.2) is 54.7 Å².